The Balaban J connectivity index is 1.79. The third-order valence-corrected chi connectivity index (χ3v) is 5.51. The van der Waals surface area contributed by atoms with Crippen molar-refractivity contribution in [3.63, 3.8) is 0 Å². The summed E-state index contributed by atoms with van der Waals surface area (Å²) >= 11 is 6.21. The Kier molecular flexibility index (Phi) is 4.54. The van der Waals surface area contributed by atoms with Crippen LogP contribution in [-0.4, -0.2) is 22.2 Å². The molecular formula is C22H20ClNO3. The average Bonchev–Trinajstić information content (AvgIpc) is 3.17. The number of rotatable bonds is 4. The minimum atomic E-state index is -0.886. The maximum Gasteiger partial charge on any atom is 0.333 e. The Hall–Kier alpha value is -2.56. The van der Waals surface area contributed by atoms with Crippen molar-refractivity contribution in [2.45, 2.75) is 19.6 Å². The maximum atomic E-state index is 11.7. The Morgan fingerprint density at radius 1 is 1.33 bits per heavy atom. The number of aromatic nitrogens is 1. The van der Waals surface area contributed by atoms with Gasteiger partial charge in [-0.15, -0.1) is 0 Å². The van der Waals surface area contributed by atoms with Crippen LogP contribution in [0.1, 0.15) is 22.8 Å². The van der Waals surface area contributed by atoms with Crippen LogP contribution in [0.4, 0.5) is 0 Å². The van der Waals surface area contributed by atoms with Gasteiger partial charge in [0, 0.05) is 39.8 Å². The average molecular weight is 382 g/mol. The first kappa shape index (κ1) is 17.8. The fraction of sp³-hybridized carbons (Fsp3) is 0.227. The second kappa shape index (κ2) is 6.87. The molecule has 0 radical (unpaired) electrons. The molecule has 4 rings (SSSR count). The number of fused-ring (bicyclic) bond motifs is 1. The van der Waals surface area contributed by atoms with Gasteiger partial charge in [0.15, 0.2) is 0 Å². The molecule has 2 atom stereocenters. The van der Waals surface area contributed by atoms with Gasteiger partial charge < -0.3 is 14.4 Å². The highest BCUT2D eigenvalue weighted by atomic mass is 35.5. The number of cyclic esters (lactones) is 1. The van der Waals surface area contributed by atoms with Crippen molar-refractivity contribution < 1.29 is 14.6 Å². The van der Waals surface area contributed by atoms with Crippen LogP contribution < -0.4 is 0 Å². The summed E-state index contributed by atoms with van der Waals surface area (Å²) in [5.74, 6) is -0.894. The monoisotopic (exact) mass is 381 g/mol. The van der Waals surface area contributed by atoms with Crippen LogP contribution >= 0.6 is 11.6 Å². The number of halogens is 1. The van der Waals surface area contributed by atoms with Crippen molar-refractivity contribution in [3.8, 4) is 0 Å². The van der Waals surface area contributed by atoms with E-state index in [0.29, 0.717) is 17.1 Å². The molecule has 1 saturated heterocycles. The molecular weight excluding hydrogens is 362 g/mol. The number of hydrogen-bond donors (Lipinski definition) is 1. The zero-order chi connectivity index (χ0) is 19.1. The number of ether oxygens (including phenoxy) is 1. The van der Waals surface area contributed by atoms with Crippen molar-refractivity contribution in [2.24, 2.45) is 5.92 Å². The predicted molar refractivity (Wildman–Crippen MR) is 106 cm³/mol. The standard InChI is InChI=1S/C22H20ClNO3/c1-13-5-3-4-6-15(13)10-24-11-18(17-9-16(23)7-8-20(17)24)21(25)19-12-27-22(26)14(19)2/h3-9,11,19,21,25H,2,10,12H2,1H3. The van der Waals surface area contributed by atoms with E-state index < -0.39 is 18.0 Å². The van der Waals surface area contributed by atoms with Crippen molar-refractivity contribution in [1.82, 2.24) is 4.57 Å². The molecule has 1 aliphatic heterocycles. The van der Waals surface area contributed by atoms with Gasteiger partial charge in [0.25, 0.3) is 0 Å². The van der Waals surface area contributed by atoms with E-state index in [9.17, 15) is 9.90 Å². The summed E-state index contributed by atoms with van der Waals surface area (Å²) in [5.41, 5.74) is 4.43. The summed E-state index contributed by atoms with van der Waals surface area (Å²) < 4.78 is 7.15. The molecule has 0 aliphatic carbocycles. The van der Waals surface area contributed by atoms with Gasteiger partial charge in [-0.05, 0) is 36.2 Å². The Morgan fingerprint density at radius 3 is 2.81 bits per heavy atom. The Morgan fingerprint density at radius 2 is 2.11 bits per heavy atom. The van der Waals surface area contributed by atoms with E-state index in [1.807, 2.05) is 36.5 Å². The minimum Gasteiger partial charge on any atom is -0.462 e. The van der Waals surface area contributed by atoms with E-state index >= 15 is 0 Å². The van der Waals surface area contributed by atoms with Crippen LogP contribution in [0.2, 0.25) is 5.02 Å². The number of carbonyl (C=O) groups is 1. The molecule has 0 spiro atoms. The molecule has 27 heavy (non-hydrogen) atoms. The Labute approximate surface area is 162 Å². The third-order valence-electron chi connectivity index (χ3n) is 5.28. The molecule has 0 bridgehead atoms. The lowest BCUT2D eigenvalue weighted by Crippen LogP contribution is -2.14. The maximum absolute atomic E-state index is 11.7. The second-order valence-corrected chi connectivity index (χ2v) is 7.41. The molecule has 2 heterocycles. The first-order chi connectivity index (χ1) is 13.0. The predicted octanol–water partition coefficient (Wildman–Crippen LogP) is 4.41. The smallest absolute Gasteiger partial charge is 0.333 e. The van der Waals surface area contributed by atoms with Crippen LogP contribution in [-0.2, 0) is 16.1 Å². The molecule has 5 heteroatoms. The summed E-state index contributed by atoms with van der Waals surface area (Å²) in [6.07, 6.45) is 1.05. The molecule has 138 valence electrons. The summed E-state index contributed by atoms with van der Waals surface area (Å²) in [7, 11) is 0. The van der Waals surface area contributed by atoms with E-state index in [1.54, 1.807) is 0 Å². The number of nitrogens with zero attached hydrogens (tertiary/aromatic N) is 1. The summed E-state index contributed by atoms with van der Waals surface area (Å²) in [4.78, 5) is 11.7. The summed E-state index contributed by atoms with van der Waals surface area (Å²) in [6, 6.07) is 13.9. The largest absolute Gasteiger partial charge is 0.462 e. The zero-order valence-electron chi connectivity index (χ0n) is 15.0. The quantitative estimate of drug-likeness (QED) is 0.537. The first-order valence-electron chi connectivity index (χ1n) is 8.82. The molecule has 4 nitrogen and oxygen atoms in total. The van der Waals surface area contributed by atoms with Crippen molar-refractivity contribution in [2.75, 3.05) is 6.61 Å². The lowest BCUT2D eigenvalue weighted by atomic mass is 9.92. The van der Waals surface area contributed by atoms with Gasteiger partial charge in [-0.1, -0.05) is 42.4 Å². The van der Waals surface area contributed by atoms with Gasteiger partial charge in [0.1, 0.15) is 6.61 Å². The highest BCUT2D eigenvalue weighted by Crippen LogP contribution is 2.37. The van der Waals surface area contributed by atoms with Gasteiger partial charge in [-0.2, -0.15) is 0 Å². The molecule has 3 aromatic rings. The van der Waals surface area contributed by atoms with E-state index in [1.165, 1.54) is 11.1 Å². The van der Waals surface area contributed by atoms with E-state index in [2.05, 4.69) is 30.2 Å². The fourth-order valence-corrected chi connectivity index (χ4v) is 3.82. The molecule has 1 aromatic heterocycles. The lowest BCUT2D eigenvalue weighted by molar-refractivity contribution is -0.135. The summed E-state index contributed by atoms with van der Waals surface area (Å²) in [6.45, 7) is 6.68. The number of esters is 1. The normalized spacial score (nSPS) is 18.1. The lowest BCUT2D eigenvalue weighted by Gasteiger charge is -2.15. The highest BCUT2D eigenvalue weighted by Gasteiger charge is 2.36. The number of aliphatic hydroxyl groups excluding tert-OH is 1. The van der Waals surface area contributed by atoms with Gasteiger partial charge >= 0.3 is 5.97 Å². The van der Waals surface area contributed by atoms with Gasteiger partial charge in [0.2, 0.25) is 0 Å². The number of aliphatic hydroxyl groups is 1. The van der Waals surface area contributed by atoms with Crippen molar-refractivity contribution in [3.05, 3.63) is 82.5 Å². The number of aryl methyl sites for hydroxylation is 1. The van der Waals surface area contributed by atoms with Gasteiger partial charge in [-0.3, -0.25) is 0 Å². The van der Waals surface area contributed by atoms with Crippen molar-refractivity contribution in [1.29, 1.82) is 0 Å². The van der Waals surface area contributed by atoms with Crippen LogP contribution in [0.5, 0.6) is 0 Å². The van der Waals surface area contributed by atoms with E-state index in [4.69, 9.17) is 16.3 Å². The van der Waals surface area contributed by atoms with Crippen LogP contribution in [0.15, 0.2) is 60.8 Å². The van der Waals surface area contributed by atoms with Gasteiger partial charge in [0.05, 0.1) is 12.0 Å². The number of carbonyl (C=O) groups excluding carboxylic acids is 1. The second-order valence-electron chi connectivity index (χ2n) is 6.98. The number of hydrogen-bond acceptors (Lipinski definition) is 3. The van der Waals surface area contributed by atoms with E-state index in [0.717, 1.165) is 16.5 Å². The molecule has 0 saturated carbocycles. The van der Waals surface area contributed by atoms with Crippen molar-refractivity contribution >= 4 is 28.5 Å². The topological polar surface area (TPSA) is 51.5 Å². The molecule has 0 amide bonds. The van der Waals surface area contributed by atoms with Crippen LogP contribution in [0.25, 0.3) is 10.9 Å². The van der Waals surface area contributed by atoms with Crippen LogP contribution in [0.3, 0.4) is 0 Å². The molecule has 1 aliphatic rings. The molecule has 1 N–H and O–H groups in total. The van der Waals surface area contributed by atoms with E-state index in [-0.39, 0.29) is 6.61 Å². The first-order valence-corrected chi connectivity index (χ1v) is 9.20. The molecule has 2 aromatic carbocycles. The fourth-order valence-electron chi connectivity index (χ4n) is 3.64. The number of benzene rings is 2. The minimum absolute atomic E-state index is 0.143. The Bertz CT molecular complexity index is 1050. The van der Waals surface area contributed by atoms with Crippen LogP contribution in [0, 0.1) is 12.8 Å². The summed E-state index contributed by atoms with van der Waals surface area (Å²) in [5, 5.41) is 12.5. The SMILES string of the molecule is C=C1C(=O)OCC1C(O)c1cn(Cc2ccccc2C)c2ccc(Cl)cc12. The zero-order valence-corrected chi connectivity index (χ0v) is 15.7. The highest BCUT2D eigenvalue weighted by molar-refractivity contribution is 6.31. The molecule has 1 fully saturated rings. The third kappa shape index (κ3) is 3.15. The van der Waals surface area contributed by atoms with Gasteiger partial charge in [-0.25, -0.2) is 4.79 Å². The molecule has 2 unspecified atom stereocenters.